The van der Waals surface area contributed by atoms with Crippen molar-refractivity contribution < 1.29 is 14.6 Å². The third kappa shape index (κ3) is 2.94. The third-order valence-electron chi connectivity index (χ3n) is 3.95. The van der Waals surface area contributed by atoms with Gasteiger partial charge in [-0.3, -0.25) is 4.79 Å². The molecule has 0 bridgehead atoms. The van der Waals surface area contributed by atoms with Gasteiger partial charge in [-0.2, -0.15) is 0 Å². The fourth-order valence-electron chi connectivity index (χ4n) is 2.63. The van der Waals surface area contributed by atoms with Crippen molar-refractivity contribution in [1.29, 1.82) is 0 Å². The second-order valence-corrected chi connectivity index (χ2v) is 5.39. The van der Waals surface area contributed by atoms with Gasteiger partial charge in [-0.25, -0.2) is 0 Å². The number of rotatable bonds is 4. The van der Waals surface area contributed by atoms with Gasteiger partial charge in [-0.1, -0.05) is 12.1 Å². The number of para-hydroxylation sites is 1. The molecular weight excluding hydrogens is 256 g/mol. The summed E-state index contributed by atoms with van der Waals surface area (Å²) in [5.74, 6) is 0.0455. The quantitative estimate of drug-likeness (QED) is 0.733. The number of aryl methyl sites for hydroxylation is 1. The molecule has 2 rings (SSSR count). The molecule has 5 heteroatoms. The summed E-state index contributed by atoms with van der Waals surface area (Å²) in [6.07, 6.45) is 1.47. The van der Waals surface area contributed by atoms with Crippen LogP contribution in [0, 0.1) is 12.3 Å². The highest BCUT2D eigenvalue weighted by Crippen LogP contribution is 2.33. The number of ether oxygens (including phenoxy) is 1. The van der Waals surface area contributed by atoms with Crippen LogP contribution >= 0.6 is 0 Å². The van der Waals surface area contributed by atoms with Crippen LogP contribution in [0.25, 0.3) is 0 Å². The molecule has 110 valence electrons. The fourth-order valence-corrected chi connectivity index (χ4v) is 2.63. The second-order valence-electron chi connectivity index (χ2n) is 5.39. The summed E-state index contributed by atoms with van der Waals surface area (Å²) in [5.41, 5.74) is 0.689. The number of hydrogen-bond donors (Lipinski definition) is 3. The summed E-state index contributed by atoms with van der Waals surface area (Å²) in [4.78, 5) is 12.6. The smallest absolute Gasteiger partial charge is 0.233 e. The lowest BCUT2D eigenvalue weighted by Crippen LogP contribution is -2.47. The molecule has 0 saturated carbocycles. The van der Waals surface area contributed by atoms with Crippen LogP contribution in [-0.2, 0) is 9.53 Å². The van der Waals surface area contributed by atoms with Crippen molar-refractivity contribution in [2.45, 2.75) is 19.8 Å². The minimum absolute atomic E-state index is 0.0817. The Morgan fingerprint density at radius 3 is 2.80 bits per heavy atom. The molecule has 0 spiro atoms. The molecule has 1 aliphatic rings. The summed E-state index contributed by atoms with van der Waals surface area (Å²) in [6, 6.07) is 5.33. The highest BCUT2D eigenvalue weighted by atomic mass is 16.5. The van der Waals surface area contributed by atoms with Crippen LogP contribution in [0.4, 0.5) is 5.69 Å². The number of aromatic hydroxyl groups is 1. The Kier molecular flexibility index (Phi) is 4.62. The van der Waals surface area contributed by atoms with Gasteiger partial charge in [0.25, 0.3) is 0 Å². The van der Waals surface area contributed by atoms with Gasteiger partial charge in [0.2, 0.25) is 5.91 Å². The maximum absolute atomic E-state index is 12.6. The van der Waals surface area contributed by atoms with E-state index in [9.17, 15) is 9.90 Å². The Morgan fingerprint density at radius 1 is 1.45 bits per heavy atom. The zero-order valence-corrected chi connectivity index (χ0v) is 12.0. The first-order valence-corrected chi connectivity index (χ1v) is 6.89. The molecule has 0 aliphatic carbocycles. The van der Waals surface area contributed by atoms with E-state index in [1.807, 2.05) is 6.07 Å². The Hall–Kier alpha value is -1.59. The summed E-state index contributed by atoms with van der Waals surface area (Å²) in [5, 5.41) is 16.1. The van der Waals surface area contributed by atoms with Crippen molar-refractivity contribution in [1.82, 2.24) is 5.32 Å². The zero-order valence-electron chi connectivity index (χ0n) is 12.0. The molecule has 0 atom stereocenters. The zero-order chi connectivity index (χ0) is 14.6. The van der Waals surface area contributed by atoms with Gasteiger partial charge in [-0.05, 0) is 44.5 Å². The number of anilines is 1. The molecule has 1 aliphatic heterocycles. The number of hydrogen-bond acceptors (Lipinski definition) is 4. The van der Waals surface area contributed by atoms with Gasteiger partial charge in [0.05, 0.1) is 17.7 Å². The number of nitrogens with one attached hydrogen (secondary N) is 2. The maximum Gasteiger partial charge on any atom is 0.233 e. The lowest BCUT2D eigenvalue weighted by atomic mass is 9.78. The normalized spacial score (nSPS) is 17.7. The molecule has 0 radical (unpaired) electrons. The predicted molar refractivity (Wildman–Crippen MR) is 77.9 cm³/mol. The van der Waals surface area contributed by atoms with Gasteiger partial charge in [0, 0.05) is 7.11 Å². The van der Waals surface area contributed by atoms with Crippen LogP contribution in [0.3, 0.4) is 0 Å². The van der Waals surface area contributed by atoms with E-state index in [0.29, 0.717) is 12.3 Å². The van der Waals surface area contributed by atoms with Gasteiger partial charge in [0.15, 0.2) is 0 Å². The number of benzene rings is 1. The van der Waals surface area contributed by atoms with Crippen molar-refractivity contribution in [3.63, 3.8) is 0 Å². The monoisotopic (exact) mass is 278 g/mol. The molecule has 3 N–H and O–H groups in total. The van der Waals surface area contributed by atoms with Crippen molar-refractivity contribution in [2.24, 2.45) is 5.41 Å². The highest BCUT2D eigenvalue weighted by Gasteiger charge is 2.39. The van der Waals surface area contributed by atoms with Crippen molar-refractivity contribution in [2.75, 3.05) is 32.1 Å². The molecule has 1 aromatic rings. The van der Waals surface area contributed by atoms with Crippen molar-refractivity contribution in [3.05, 3.63) is 23.8 Å². The molecule has 1 saturated heterocycles. The molecule has 0 unspecified atom stereocenters. The molecule has 0 aromatic heterocycles. The fraction of sp³-hybridized carbons (Fsp3) is 0.533. The standard InChI is InChI=1S/C15H22N2O3/c1-11-4-3-5-12(13(11)18)17-14(19)15(10-20-2)6-8-16-9-7-15/h3-5,16,18H,6-10H2,1-2H3,(H,17,19). The van der Waals surface area contributed by atoms with E-state index in [1.54, 1.807) is 26.2 Å². The van der Waals surface area contributed by atoms with Crippen LogP contribution in [0.1, 0.15) is 18.4 Å². The van der Waals surface area contributed by atoms with Gasteiger partial charge >= 0.3 is 0 Å². The van der Waals surface area contributed by atoms with Crippen LogP contribution in [0.15, 0.2) is 18.2 Å². The lowest BCUT2D eigenvalue weighted by molar-refractivity contribution is -0.130. The number of carbonyl (C=O) groups is 1. The van der Waals surface area contributed by atoms with E-state index in [2.05, 4.69) is 10.6 Å². The first kappa shape index (κ1) is 14.8. The van der Waals surface area contributed by atoms with E-state index in [1.165, 1.54) is 0 Å². The highest BCUT2D eigenvalue weighted by molar-refractivity contribution is 5.96. The Balaban J connectivity index is 2.18. The van der Waals surface area contributed by atoms with E-state index in [0.717, 1.165) is 31.5 Å². The van der Waals surface area contributed by atoms with Crippen LogP contribution in [0.2, 0.25) is 0 Å². The summed E-state index contributed by atoms with van der Waals surface area (Å²) in [6.45, 7) is 3.81. The van der Waals surface area contributed by atoms with Crippen LogP contribution in [-0.4, -0.2) is 37.8 Å². The predicted octanol–water partition coefficient (Wildman–Crippen LogP) is 1.66. The molecule has 20 heavy (non-hydrogen) atoms. The number of phenols is 1. The van der Waals surface area contributed by atoms with Gasteiger partial charge in [0.1, 0.15) is 5.75 Å². The minimum Gasteiger partial charge on any atom is -0.505 e. The molecule has 1 fully saturated rings. The van der Waals surface area contributed by atoms with Crippen molar-refractivity contribution in [3.8, 4) is 5.75 Å². The topological polar surface area (TPSA) is 70.6 Å². The maximum atomic E-state index is 12.6. The second kappa shape index (κ2) is 6.24. The first-order chi connectivity index (χ1) is 9.59. The number of carbonyl (C=O) groups excluding carboxylic acids is 1. The number of amides is 1. The Morgan fingerprint density at radius 2 is 2.15 bits per heavy atom. The number of phenolic OH excluding ortho intramolecular Hbond substituents is 1. The van der Waals surface area contributed by atoms with Crippen molar-refractivity contribution >= 4 is 11.6 Å². The van der Waals surface area contributed by atoms with Gasteiger partial charge in [-0.15, -0.1) is 0 Å². The Labute approximate surface area is 119 Å². The Bertz CT molecular complexity index is 476. The van der Waals surface area contributed by atoms with Crippen LogP contribution in [0.5, 0.6) is 5.75 Å². The summed E-state index contributed by atoms with van der Waals surface area (Å²) in [7, 11) is 1.61. The van der Waals surface area contributed by atoms with E-state index in [-0.39, 0.29) is 11.7 Å². The molecule has 1 heterocycles. The average molecular weight is 278 g/mol. The summed E-state index contributed by atoms with van der Waals surface area (Å²) >= 11 is 0. The molecule has 1 amide bonds. The minimum atomic E-state index is -0.518. The molecule has 1 aromatic carbocycles. The van der Waals surface area contributed by atoms with E-state index >= 15 is 0 Å². The van der Waals surface area contributed by atoms with E-state index in [4.69, 9.17) is 4.74 Å². The third-order valence-corrected chi connectivity index (χ3v) is 3.95. The summed E-state index contributed by atoms with van der Waals surface area (Å²) < 4.78 is 5.25. The first-order valence-electron chi connectivity index (χ1n) is 6.89. The average Bonchev–Trinajstić information content (AvgIpc) is 2.45. The van der Waals surface area contributed by atoms with E-state index < -0.39 is 5.41 Å². The number of piperidine rings is 1. The SMILES string of the molecule is COCC1(C(=O)Nc2cccc(C)c2O)CCNCC1. The van der Waals surface area contributed by atoms with Crippen LogP contribution < -0.4 is 10.6 Å². The number of methoxy groups -OCH3 is 1. The molecular formula is C15H22N2O3. The largest absolute Gasteiger partial charge is 0.505 e. The lowest BCUT2D eigenvalue weighted by Gasteiger charge is -2.35. The van der Waals surface area contributed by atoms with Gasteiger partial charge < -0.3 is 20.5 Å². The molecule has 5 nitrogen and oxygen atoms in total.